The summed E-state index contributed by atoms with van der Waals surface area (Å²) >= 11 is 0. The second-order valence-corrected chi connectivity index (χ2v) is 6.40. The summed E-state index contributed by atoms with van der Waals surface area (Å²) in [5, 5.41) is 9.57. The zero-order valence-electron chi connectivity index (χ0n) is 11.5. The van der Waals surface area contributed by atoms with E-state index >= 15 is 0 Å². The number of halogens is 1. The molecule has 0 spiro atoms. The fourth-order valence-electron chi connectivity index (χ4n) is 1.76. The molecule has 21 heavy (non-hydrogen) atoms. The Bertz CT molecular complexity index is 804. The van der Waals surface area contributed by atoms with Gasteiger partial charge < -0.3 is 10.8 Å². The predicted molar refractivity (Wildman–Crippen MR) is 79.2 cm³/mol. The second-order valence-electron chi connectivity index (χ2n) is 4.75. The van der Waals surface area contributed by atoms with Crippen molar-refractivity contribution in [1.82, 2.24) is 0 Å². The Hall–Kier alpha value is -2.28. The topological polar surface area (TPSA) is 92.4 Å². The van der Waals surface area contributed by atoms with E-state index in [1.54, 1.807) is 19.9 Å². The number of nitrogen functional groups attached to an aromatic ring is 1. The van der Waals surface area contributed by atoms with Crippen LogP contribution < -0.4 is 10.5 Å². The van der Waals surface area contributed by atoms with Crippen LogP contribution in [0.25, 0.3) is 0 Å². The Kier molecular flexibility index (Phi) is 3.78. The highest BCUT2D eigenvalue weighted by atomic mass is 32.2. The van der Waals surface area contributed by atoms with E-state index in [-0.39, 0.29) is 17.1 Å². The molecule has 5 nitrogen and oxygen atoms in total. The Morgan fingerprint density at radius 1 is 1.14 bits per heavy atom. The minimum atomic E-state index is -4.13. The van der Waals surface area contributed by atoms with Crippen LogP contribution in [0.2, 0.25) is 0 Å². The maximum atomic E-state index is 13.8. The van der Waals surface area contributed by atoms with Crippen LogP contribution >= 0.6 is 0 Å². The molecule has 0 amide bonds. The minimum absolute atomic E-state index is 0.0564. The Morgan fingerprint density at radius 3 is 2.43 bits per heavy atom. The lowest BCUT2D eigenvalue weighted by atomic mass is 10.2. The van der Waals surface area contributed by atoms with Gasteiger partial charge in [-0.15, -0.1) is 0 Å². The van der Waals surface area contributed by atoms with Gasteiger partial charge in [-0.25, -0.2) is 12.8 Å². The monoisotopic (exact) mass is 310 g/mol. The number of rotatable bonds is 3. The Labute approximate surface area is 122 Å². The van der Waals surface area contributed by atoms with Crippen LogP contribution in [0.4, 0.5) is 15.8 Å². The molecule has 0 aliphatic carbocycles. The number of nitrogens with one attached hydrogen (secondary N) is 1. The summed E-state index contributed by atoms with van der Waals surface area (Å²) < 4.78 is 40.4. The molecule has 0 aromatic heterocycles. The van der Waals surface area contributed by atoms with E-state index in [4.69, 9.17) is 5.73 Å². The molecule has 2 rings (SSSR count). The van der Waals surface area contributed by atoms with E-state index in [1.807, 2.05) is 0 Å². The molecule has 0 aliphatic heterocycles. The second kappa shape index (κ2) is 5.25. The van der Waals surface area contributed by atoms with Crippen LogP contribution in [0.15, 0.2) is 35.2 Å². The molecule has 112 valence electrons. The smallest absolute Gasteiger partial charge is 0.264 e. The number of benzene rings is 2. The lowest BCUT2D eigenvalue weighted by molar-refractivity contribution is 0.471. The fraction of sp³-hybridized carbons (Fsp3) is 0.143. The molecule has 0 heterocycles. The summed E-state index contributed by atoms with van der Waals surface area (Å²) in [6.07, 6.45) is 0. The van der Waals surface area contributed by atoms with Crippen LogP contribution in [0.5, 0.6) is 5.75 Å². The number of phenolic OH excluding ortho intramolecular Hbond substituents is 1. The zero-order chi connectivity index (χ0) is 15.8. The summed E-state index contributed by atoms with van der Waals surface area (Å²) in [7, 11) is -4.13. The molecule has 0 saturated carbocycles. The van der Waals surface area contributed by atoms with E-state index in [0.717, 1.165) is 12.1 Å². The van der Waals surface area contributed by atoms with Gasteiger partial charge in [0.25, 0.3) is 10.0 Å². The number of hydrogen-bond acceptors (Lipinski definition) is 4. The highest BCUT2D eigenvalue weighted by Crippen LogP contribution is 2.26. The number of aryl methyl sites for hydroxylation is 2. The van der Waals surface area contributed by atoms with Gasteiger partial charge in [0.05, 0.1) is 5.69 Å². The lowest BCUT2D eigenvalue weighted by Gasteiger charge is -2.11. The highest BCUT2D eigenvalue weighted by molar-refractivity contribution is 7.92. The largest absolute Gasteiger partial charge is 0.508 e. The van der Waals surface area contributed by atoms with Crippen LogP contribution in [-0.2, 0) is 10.0 Å². The quantitative estimate of drug-likeness (QED) is 0.760. The normalized spacial score (nSPS) is 11.4. The van der Waals surface area contributed by atoms with Crippen LogP contribution in [0, 0.1) is 19.7 Å². The molecule has 0 saturated heterocycles. The molecule has 7 heteroatoms. The molecular weight excluding hydrogens is 295 g/mol. The first-order chi connectivity index (χ1) is 9.70. The maximum absolute atomic E-state index is 13.8. The first-order valence-corrected chi connectivity index (χ1v) is 7.57. The van der Waals surface area contributed by atoms with Gasteiger partial charge in [0.15, 0.2) is 0 Å². The third-order valence-corrected chi connectivity index (χ3v) is 4.47. The van der Waals surface area contributed by atoms with Gasteiger partial charge in [-0.3, -0.25) is 4.72 Å². The average molecular weight is 310 g/mol. The van der Waals surface area contributed by atoms with E-state index < -0.39 is 20.7 Å². The van der Waals surface area contributed by atoms with Gasteiger partial charge in [-0.05, 0) is 43.2 Å². The first-order valence-electron chi connectivity index (χ1n) is 6.09. The summed E-state index contributed by atoms with van der Waals surface area (Å²) in [5.74, 6) is -0.940. The molecule has 0 fully saturated rings. The number of hydrogen-bond donors (Lipinski definition) is 3. The van der Waals surface area contributed by atoms with Crippen molar-refractivity contribution < 1.29 is 17.9 Å². The van der Waals surface area contributed by atoms with Crippen molar-refractivity contribution in [2.75, 3.05) is 10.5 Å². The third-order valence-electron chi connectivity index (χ3n) is 3.07. The van der Waals surface area contributed by atoms with E-state index in [1.165, 1.54) is 12.1 Å². The minimum Gasteiger partial charge on any atom is -0.508 e. The Balaban J connectivity index is 2.43. The number of anilines is 2. The molecule has 2 aromatic rings. The van der Waals surface area contributed by atoms with Crippen LogP contribution in [-0.4, -0.2) is 13.5 Å². The highest BCUT2D eigenvalue weighted by Gasteiger charge is 2.20. The van der Waals surface area contributed by atoms with Crippen LogP contribution in [0.1, 0.15) is 11.1 Å². The van der Waals surface area contributed by atoms with Crippen molar-refractivity contribution in [3.63, 3.8) is 0 Å². The first kappa shape index (κ1) is 15.1. The predicted octanol–water partition coefficient (Wildman–Crippen LogP) is 2.53. The number of phenols is 1. The SMILES string of the molecule is Cc1cc(F)c(S(=O)(=O)Nc2ccc(C)c(O)c2)cc1N. The number of sulfonamides is 1. The molecule has 2 aromatic carbocycles. The summed E-state index contributed by atoms with van der Waals surface area (Å²) in [4.78, 5) is -0.536. The molecule has 0 unspecified atom stereocenters. The van der Waals surface area contributed by atoms with Crippen LogP contribution in [0.3, 0.4) is 0 Å². The van der Waals surface area contributed by atoms with E-state index in [9.17, 15) is 17.9 Å². The zero-order valence-corrected chi connectivity index (χ0v) is 12.3. The molecule has 0 radical (unpaired) electrons. The van der Waals surface area contributed by atoms with Crippen molar-refractivity contribution >= 4 is 21.4 Å². The van der Waals surface area contributed by atoms with Crippen molar-refractivity contribution in [2.24, 2.45) is 0 Å². The number of aromatic hydroxyl groups is 1. The standard InChI is InChI=1S/C14H15FN2O3S/c1-8-3-4-10(6-13(8)18)17-21(19,20)14-7-12(16)9(2)5-11(14)15/h3-7,17-18H,16H2,1-2H3. The molecule has 0 atom stereocenters. The summed E-state index contributed by atoms with van der Waals surface area (Å²) in [6.45, 7) is 3.26. The molecular formula is C14H15FN2O3S. The van der Waals surface area contributed by atoms with Gasteiger partial charge in [-0.2, -0.15) is 0 Å². The van der Waals surface area contributed by atoms with E-state index in [2.05, 4.69) is 4.72 Å². The van der Waals surface area contributed by atoms with Gasteiger partial charge >= 0.3 is 0 Å². The number of nitrogens with two attached hydrogens (primary N) is 1. The lowest BCUT2D eigenvalue weighted by Crippen LogP contribution is -2.15. The van der Waals surface area contributed by atoms with Crippen molar-refractivity contribution in [3.8, 4) is 5.75 Å². The average Bonchev–Trinajstić information content (AvgIpc) is 2.37. The fourth-order valence-corrected chi connectivity index (χ4v) is 2.90. The molecule has 0 bridgehead atoms. The van der Waals surface area contributed by atoms with Crippen molar-refractivity contribution in [3.05, 3.63) is 47.3 Å². The third kappa shape index (κ3) is 3.08. The van der Waals surface area contributed by atoms with Gasteiger partial charge in [0, 0.05) is 11.8 Å². The van der Waals surface area contributed by atoms with Gasteiger partial charge in [0.2, 0.25) is 0 Å². The van der Waals surface area contributed by atoms with Crippen molar-refractivity contribution in [2.45, 2.75) is 18.7 Å². The van der Waals surface area contributed by atoms with Crippen molar-refractivity contribution in [1.29, 1.82) is 0 Å². The van der Waals surface area contributed by atoms with Gasteiger partial charge in [-0.1, -0.05) is 6.07 Å². The summed E-state index contributed by atoms with van der Waals surface area (Å²) in [5.41, 5.74) is 7.00. The van der Waals surface area contributed by atoms with Gasteiger partial charge in [0.1, 0.15) is 16.5 Å². The van der Waals surface area contributed by atoms with E-state index in [0.29, 0.717) is 11.1 Å². The maximum Gasteiger partial charge on any atom is 0.264 e. The molecule has 0 aliphatic rings. The Morgan fingerprint density at radius 2 is 1.81 bits per heavy atom. The molecule has 4 N–H and O–H groups in total. The summed E-state index contributed by atoms with van der Waals surface area (Å²) in [6, 6.07) is 6.41.